The van der Waals surface area contributed by atoms with Gasteiger partial charge in [-0.15, -0.1) is 0 Å². The van der Waals surface area contributed by atoms with Crippen LogP contribution in [-0.2, 0) is 11.3 Å². The number of morpholine rings is 1. The smallest absolute Gasteiger partial charge is 0.352 e. The van der Waals surface area contributed by atoms with Crippen molar-refractivity contribution in [2.75, 3.05) is 40.0 Å². The van der Waals surface area contributed by atoms with Crippen LogP contribution in [0.5, 0.6) is 5.75 Å². The van der Waals surface area contributed by atoms with Gasteiger partial charge in [-0.2, -0.15) is 9.61 Å². The molecular weight excluding hydrogens is 415 g/mol. The van der Waals surface area contributed by atoms with Crippen molar-refractivity contribution in [2.24, 2.45) is 0 Å². The maximum Gasteiger partial charge on any atom is 0.352 e. The molecule has 1 fully saturated rings. The van der Waals surface area contributed by atoms with Gasteiger partial charge in [0.2, 0.25) is 0 Å². The number of ether oxygens (including phenoxy) is 2. The van der Waals surface area contributed by atoms with Gasteiger partial charge in [-0.25, -0.2) is 19.2 Å². The Hall–Kier alpha value is -3.37. The molecule has 0 amide bonds. The third kappa shape index (κ3) is 3.82. The van der Waals surface area contributed by atoms with Gasteiger partial charge in [-0.05, 0) is 23.8 Å². The second-order valence-electron chi connectivity index (χ2n) is 7.73. The van der Waals surface area contributed by atoms with Crippen LogP contribution in [0.4, 0.5) is 4.39 Å². The average molecular weight is 438 g/mol. The third-order valence-electron chi connectivity index (χ3n) is 5.73. The van der Waals surface area contributed by atoms with Crippen LogP contribution in [0.15, 0.2) is 47.7 Å². The van der Waals surface area contributed by atoms with Gasteiger partial charge in [0.15, 0.2) is 5.65 Å². The zero-order valence-corrected chi connectivity index (χ0v) is 17.6. The molecule has 9 nitrogen and oxygen atoms in total. The molecule has 10 heteroatoms. The molecule has 4 heterocycles. The van der Waals surface area contributed by atoms with Crippen molar-refractivity contribution in [1.29, 1.82) is 0 Å². The molecule has 0 N–H and O–H groups in total. The van der Waals surface area contributed by atoms with Crippen molar-refractivity contribution < 1.29 is 13.9 Å². The lowest BCUT2D eigenvalue weighted by Crippen LogP contribution is -2.38. The van der Waals surface area contributed by atoms with E-state index in [2.05, 4.69) is 15.1 Å². The van der Waals surface area contributed by atoms with Crippen LogP contribution in [0.3, 0.4) is 0 Å². The zero-order chi connectivity index (χ0) is 22.1. The molecule has 1 aliphatic rings. The van der Waals surface area contributed by atoms with E-state index in [1.165, 1.54) is 21.6 Å². The maximum absolute atomic E-state index is 15.1. The molecule has 1 atom stereocenters. The first-order valence-corrected chi connectivity index (χ1v) is 10.4. The molecule has 0 saturated carbocycles. The molecule has 1 aromatic carbocycles. The van der Waals surface area contributed by atoms with Gasteiger partial charge in [0.25, 0.3) is 0 Å². The number of nitrogens with zero attached hydrogens (tertiary/aromatic N) is 6. The molecule has 0 spiro atoms. The van der Waals surface area contributed by atoms with E-state index in [0.29, 0.717) is 48.5 Å². The minimum atomic E-state index is -1.21. The van der Waals surface area contributed by atoms with Gasteiger partial charge >= 0.3 is 5.69 Å². The van der Waals surface area contributed by atoms with E-state index in [1.807, 2.05) is 29.2 Å². The third-order valence-corrected chi connectivity index (χ3v) is 5.73. The molecular formula is C22H23FN6O3. The van der Waals surface area contributed by atoms with E-state index < -0.39 is 6.17 Å². The highest BCUT2D eigenvalue weighted by Gasteiger charge is 2.21. The standard InChI is InChI=1S/C22H23FN6O3/c1-31-17-4-2-15(3-5-17)12-28-20-18(21-25-14-26-29(21)22(28)30)10-16(11-24-20)19(23)13-27-6-8-32-9-7-27/h2-5,10-11,14,19H,6-9,12-13H2,1H3. The molecule has 0 aliphatic carbocycles. The molecule has 1 aliphatic heterocycles. The molecule has 166 valence electrons. The van der Waals surface area contributed by atoms with Crippen LogP contribution in [0.1, 0.15) is 17.3 Å². The fourth-order valence-corrected chi connectivity index (χ4v) is 3.97. The van der Waals surface area contributed by atoms with Crippen molar-refractivity contribution in [3.05, 3.63) is 64.5 Å². The molecule has 4 aromatic rings. The largest absolute Gasteiger partial charge is 0.497 e. The second-order valence-corrected chi connectivity index (χ2v) is 7.73. The number of hydrogen-bond donors (Lipinski definition) is 0. The maximum atomic E-state index is 15.1. The average Bonchev–Trinajstić information content (AvgIpc) is 3.33. The van der Waals surface area contributed by atoms with Crippen LogP contribution in [0.2, 0.25) is 0 Å². The van der Waals surface area contributed by atoms with E-state index in [-0.39, 0.29) is 18.8 Å². The van der Waals surface area contributed by atoms with Crippen LogP contribution in [0, 0.1) is 0 Å². The summed E-state index contributed by atoms with van der Waals surface area (Å²) in [4.78, 5) is 23.8. The normalized spacial score (nSPS) is 15.9. The summed E-state index contributed by atoms with van der Waals surface area (Å²) < 4.78 is 28.4. The van der Waals surface area contributed by atoms with Crippen LogP contribution >= 0.6 is 0 Å². The number of rotatable bonds is 6. The predicted molar refractivity (Wildman–Crippen MR) is 116 cm³/mol. The number of halogens is 1. The fraction of sp³-hybridized carbons (Fsp3) is 0.364. The van der Waals surface area contributed by atoms with Gasteiger partial charge in [0.1, 0.15) is 23.9 Å². The number of aromatic nitrogens is 5. The Balaban J connectivity index is 1.54. The van der Waals surface area contributed by atoms with E-state index >= 15 is 4.39 Å². The highest BCUT2D eigenvalue weighted by atomic mass is 19.1. The van der Waals surface area contributed by atoms with Crippen molar-refractivity contribution in [1.82, 2.24) is 29.0 Å². The first-order chi connectivity index (χ1) is 15.6. The predicted octanol–water partition coefficient (Wildman–Crippen LogP) is 1.84. The van der Waals surface area contributed by atoms with E-state index in [1.54, 1.807) is 13.2 Å². The van der Waals surface area contributed by atoms with Gasteiger partial charge in [-0.3, -0.25) is 9.47 Å². The van der Waals surface area contributed by atoms with Gasteiger partial charge in [-0.1, -0.05) is 12.1 Å². The van der Waals surface area contributed by atoms with Gasteiger partial charge in [0, 0.05) is 31.4 Å². The number of pyridine rings is 1. The zero-order valence-electron chi connectivity index (χ0n) is 17.6. The minimum absolute atomic E-state index is 0.269. The van der Waals surface area contributed by atoms with Gasteiger partial charge < -0.3 is 9.47 Å². The second kappa shape index (κ2) is 8.64. The number of benzene rings is 1. The Labute approximate surface area is 183 Å². The Morgan fingerprint density at radius 1 is 1.16 bits per heavy atom. The first-order valence-electron chi connectivity index (χ1n) is 10.4. The summed E-state index contributed by atoms with van der Waals surface area (Å²) >= 11 is 0. The monoisotopic (exact) mass is 438 g/mol. The molecule has 5 rings (SSSR count). The van der Waals surface area contributed by atoms with Gasteiger partial charge in [0.05, 0.1) is 32.3 Å². The van der Waals surface area contributed by atoms with Crippen molar-refractivity contribution in [3.8, 4) is 5.75 Å². The van der Waals surface area contributed by atoms with Crippen molar-refractivity contribution in [3.63, 3.8) is 0 Å². The lowest BCUT2D eigenvalue weighted by Gasteiger charge is -2.27. The van der Waals surface area contributed by atoms with Crippen LogP contribution in [-0.4, -0.2) is 69.0 Å². The molecule has 0 radical (unpaired) electrons. The number of hydrogen-bond acceptors (Lipinski definition) is 7. The summed E-state index contributed by atoms with van der Waals surface area (Å²) in [5.74, 6) is 0.731. The quantitative estimate of drug-likeness (QED) is 0.454. The number of alkyl halides is 1. The van der Waals surface area contributed by atoms with Crippen LogP contribution < -0.4 is 10.4 Å². The first kappa shape index (κ1) is 20.5. The lowest BCUT2D eigenvalue weighted by atomic mass is 10.1. The van der Waals surface area contributed by atoms with E-state index in [4.69, 9.17) is 9.47 Å². The molecule has 1 unspecified atom stereocenters. The highest BCUT2D eigenvalue weighted by Crippen LogP contribution is 2.24. The van der Waals surface area contributed by atoms with E-state index in [9.17, 15) is 4.79 Å². The fourth-order valence-electron chi connectivity index (χ4n) is 3.97. The molecule has 0 bridgehead atoms. The van der Waals surface area contributed by atoms with E-state index in [0.717, 1.165) is 11.3 Å². The molecule has 3 aromatic heterocycles. The van der Waals surface area contributed by atoms with Crippen LogP contribution in [0.25, 0.3) is 16.7 Å². The SMILES string of the molecule is COc1ccc(Cn2c(=O)n3ncnc3c3cc(C(F)CN4CCOCC4)cnc32)cc1. The topological polar surface area (TPSA) is 86.8 Å². The van der Waals surface area contributed by atoms with Crippen molar-refractivity contribution in [2.45, 2.75) is 12.7 Å². The molecule has 1 saturated heterocycles. The lowest BCUT2D eigenvalue weighted by molar-refractivity contribution is 0.0269. The summed E-state index contributed by atoms with van der Waals surface area (Å²) in [7, 11) is 1.60. The molecule has 32 heavy (non-hydrogen) atoms. The summed E-state index contributed by atoms with van der Waals surface area (Å²) in [5.41, 5.74) is 1.79. The summed E-state index contributed by atoms with van der Waals surface area (Å²) in [6.07, 6.45) is 1.61. The Morgan fingerprint density at radius 3 is 2.69 bits per heavy atom. The Morgan fingerprint density at radius 2 is 1.94 bits per heavy atom. The number of methoxy groups -OCH3 is 1. The highest BCUT2D eigenvalue weighted by molar-refractivity contribution is 5.89. The Kier molecular flexibility index (Phi) is 5.54. The summed E-state index contributed by atoms with van der Waals surface area (Å²) in [5, 5.41) is 4.66. The Bertz CT molecular complexity index is 1300. The van der Waals surface area contributed by atoms with Crippen molar-refractivity contribution >= 4 is 16.7 Å². The number of fused-ring (bicyclic) bond motifs is 3. The summed E-state index contributed by atoms with van der Waals surface area (Å²) in [6.45, 7) is 3.19. The summed E-state index contributed by atoms with van der Waals surface area (Å²) in [6, 6.07) is 9.16. The minimum Gasteiger partial charge on any atom is -0.497 e.